The Morgan fingerprint density at radius 3 is 2.54 bits per heavy atom. The molecule has 1 aliphatic carbocycles. The van der Waals surface area contributed by atoms with Gasteiger partial charge >= 0.3 is 5.97 Å². The van der Waals surface area contributed by atoms with Crippen LogP contribution < -0.4 is 0 Å². The molecule has 1 heterocycles. The Labute approximate surface area is 78.1 Å². The predicted molar refractivity (Wildman–Crippen MR) is 47.5 cm³/mol. The minimum absolute atomic E-state index is 0.380. The van der Waals surface area contributed by atoms with Gasteiger partial charge in [-0.3, -0.25) is 4.79 Å². The fourth-order valence-electron chi connectivity index (χ4n) is 2.44. The molecule has 74 valence electrons. The topological polar surface area (TPSA) is 46.5 Å². The van der Waals surface area contributed by atoms with Gasteiger partial charge in [0, 0.05) is 6.61 Å². The van der Waals surface area contributed by atoms with Crippen LogP contribution in [0.5, 0.6) is 0 Å². The van der Waals surface area contributed by atoms with Crippen LogP contribution in [-0.4, -0.2) is 24.3 Å². The second-order valence-corrected chi connectivity index (χ2v) is 4.25. The summed E-state index contributed by atoms with van der Waals surface area (Å²) in [6.45, 7) is 1.18. The number of carboxylic acid groups (broad SMARTS) is 1. The lowest BCUT2D eigenvalue weighted by Crippen LogP contribution is -2.47. The summed E-state index contributed by atoms with van der Waals surface area (Å²) in [6.07, 6.45) is 5.07. The summed E-state index contributed by atoms with van der Waals surface area (Å²) in [4.78, 5) is 11.2. The molecule has 0 amide bonds. The van der Waals surface area contributed by atoms with Crippen LogP contribution in [0.25, 0.3) is 0 Å². The van der Waals surface area contributed by atoms with Crippen molar-refractivity contribution in [1.82, 2.24) is 0 Å². The summed E-state index contributed by atoms with van der Waals surface area (Å²) >= 11 is 0. The van der Waals surface area contributed by atoms with Crippen molar-refractivity contribution in [2.75, 3.05) is 13.2 Å². The van der Waals surface area contributed by atoms with E-state index in [4.69, 9.17) is 4.74 Å². The van der Waals surface area contributed by atoms with Gasteiger partial charge in [-0.2, -0.15) is 0 Å². The number of carbonyl (C=O) groups is 1. The van der Waals surface area contributed by atoms with E-state index in [1.165, 1.54) is 6.42 Å². The highest BCUT2D eigenvalue weighted by molar-refractivity contribution is 5.75. The predicted octanol–water partition coefficient (Wildman–Crippen LogP) is 1.67. The van der Waals surface area contributed by atoms with E-state index < -0.39 is 11.4 Å². The molecule has 1 N–H and O–H groups in total. The third kappa shape index (κ3) is 1.35. The maximum atomic E-state index is 11.2. The first-order valence-electron chi connectivity index (χ1n) is 5.07. The monoisotopic (exact) mass is 184 g/mol. The Kier molecular flexibility index (Phi) is 2.28. The van der Waals surface area contributed by atoms with Gasteiger partial charge in [0.2, 0.25) is 0 Å². The highest BCUT2D eigenvalue weighted by Crippen LogP contribution is 2.46. The lowest BCUT2D eigenvalue weighted by atomic mass is 9.63. The molecule has 1 saturated carbocycles. The molecule has 2 aliphatic rings. The molecule has 0 spiro atoms. The van der Waals surface area contributed by atoms with E-state index >= 15 is 0 Å². The zero-order valence-electron chi connectivity index (χ0n) is 7.79. The summed E-state index contributed by atoms with van der Waals surface area (Å²) in [5.74, 6) is -0.262. The molecule has 3 nitrogen and oxygen atoms in total. The Bertz CT molecular complexity index is 202. The second-order valence-electron chi connectivity index (χ2n) is 4.25. The smallest absolute Gasteiger partial charge is 0.312 e. The van der Waals surface area contributed by atoms with Gasteiger partial charge in [0.1, 0.15) is 0 Å². The standard InChI is InChI=1S/C10H16O3/c11-9(12)10(8-3-1-4-8)5-2-6-13-7-10/h8H,1-7H2,(H,11,12). The number of rotatable bonds is 2. The molecular weight excluding hydrogens is 168 g/mol. The molecule has 1 aliphatic heterocycles. The zero-order valence-corrected chi connectivity index (χ0v) is 7.79. The van der Waals surface area contributed by atoms with Gasteiger partial charge in [-0.25, -0.2) is 0 Å². The van der Waals surface area contributed by atoms with Gasteiger partial charge < -0.3 is 9.84 Å². The number of hydrogen-bond acceptors (Lipinski definition) is 2. The van der Waals surface area contributed by atoms with Crippen molar-refractivity contribution >= 4 is 5.97 Å². The third-order valence-electron chi connectivity index (χ3n) is 3.58. The molecule has 3 heteroatoms. The van der Waals surface area contributed by atoms with Crippen LogP contribution in [0.2, 0.25) is 0 Å². The Morgan fingerprint density at radius 1 is 1.38 bits per heavy atom. The summed E-state index contributed by atoms with van der Waals surface area (Å²) in [7, 11) is 0. The van der Waals surface area contributed by atoms with Crippen molar-refractivity contribution in [3.8, 4) is 0 Å². The van der Waals surface area contributed by atoms with Crippen molar-refractivity contribution in [3.63, 3.8) is 0 Å². The van der Waals surface area contributed by atoms with Crippen molar-refractivity contribution in [2.24, 2.45) is 11.3 Å². The largest absolute Gasteiger partial charge is 0.481 e. The number of ether oxygens (including phenoxy) is 1. The van der Waals surface area contributed by atoms with Crippen molar-refractivity contribution < 1.29 is 14.6 Å². The Morgan fingerprint density at radius 2 is 2.15 bits per heavy atom. The summed E-state index contributed by atoms with van der Waals surface area (Å²) < 4.78 is 5.32. The van der Waals surface area contributed by atoms with Crippen LogP contribution in [0.1, 0.15) is 32.1 Å². The fraction of sp³-hybridized carbons (Fsp3) is 0.900. The van der Waals surface area contributed by atoms with Crippen LogP contribution in [0.4, 0.5) is 0 Å². The minimum Gasteiger partial charge on any atom is -0.481 e. The van der Waals surface area contributed by atoms with E-state index in [9.17, 15) is 9.90 Å². The number of carboxylic acids is 1. The van der Waals surface area contributed by atoms with Crippen LogP contribution in [0.3, 0.4) is 0 Å². The van der Waals surface area contributed by atoms with E-state index in [2.05, 4.69) is 0 Å². The molecule has 2 fully saturated rings. The molecule has 1 saturated heterocycles. The molecule has 2 rings (SSSR count). The van der Waals surface area contributed by atoms with Gasteiger partial charge in [0.05, 0.1) is 12.0 Å². The van der Waals surface area contributed by atoms with E-state index in [0.717, 1.165) is 32.3 Å². The van der Waals surface area contributed by atoms with E-state index in [1.807, 2.05) is 0 Å². The molecule has 0 aromatic heterocycles. The van der Waals surface area contributed by atoms with Crippen LogP contribution >= 0.6 is 0 Å². The van der Waals surface area contributed by atoms with Gasteiger partial charge in [0.15, 0.2) is 0 Å². The third-order valence-corrected chi connectivity index (χ3v) is 3.58. The summed E-state index contributed by atoms with van der Waals surface area (Å²) in [6, 6.07) is 0. The molecule has 0 radical (unpaired) electrons. The zero-order chi connectivity index (χ0) is 9.31. The molecule has 13 heavy (non-hydrogen) atoms. The van der Waals surface area contributed by atoms with Crippen LogP contribution in [-0.2, 0) is 9.53 Å². The molecule has 1 unspecified atom stereocenters. The first-order valence-corrected chi connectivity index (χ1v) is 5.07. The fourth-order valence-corrected chi connectivity index (χ4v) is 2.44. The quantitative estimate of drug-likeness (QED) is 0.710. The lowest BCUT2D eigenvalue weighted by Gasteiger charge is -2.44. The maximum Gasteiger partial charge on any atom is 0.312 e. The minimum atomic E-state index is -0.642. The van der Waals surface area contributed by atoms with Crippen LogP contribution in [0.15, 0.2) is 0 Å². The number of hydrogen-bond donors (Lipinski definition) is 1. The first-order chi connectivity index (χ1) is 6.26. The SMILES string of the molecule is O=C(O)C1(C2CCC2)CCCOC1. The summed E-state index contributed by atoms with van der Waals surface area (Å²) in [5, 5.41) is 9.24. The molecule has 0 aromatic rings. The van der Waals surface area contributed by atoms with E-state index in [-0.39, 0.29) is 0 Å². The van der Waals surface area contributed by atoms with Gasteiger partial charge in [-0.1, -0.05) is 6.42 Å². The first kappa shape index (κ1) is 9.00. The van der Waals surface area contributed by atoms with Gasteiger partial charge in [-0.05, 0) is 31.6 Å². The van der Waals surface area contributed by atoms with Gasteiger partial charge in [-0.15, -0.1) is 0 Å². The summed E-state index contributed by atoms with van der Waals surface area (Å²) in [5.41, 5.74) is -0.531. The van der Waals surface area contributed by atoms with Crippen molar-refractivity contribution in [2.45, 2.75) is 32.1 Å². The average Bonchev–Trinajstić information content (AvgIpc) is 2.02. The molecular formula is C10H16O3. The maximum absolute atomic E-state index is 11.2. The number of aliphatic carboxylic acids is 1. The van der Waals surface area contributed by atoms with Crippen LogP contribution in [0, 0.1) is 11.3 Å². The average molecular weight is 184 g/mol. The van der Waals surface area contributed by atoms with E-state index in [0.29, 0.717) is 12.5 Å². The Hall–Kier alpha value is -0.570. The highest BCUT2D eigenvalue weighted by atomic mass is 16.5. The van der Waals surface area contributed by atoms with E-state index in [1.54, 1.807) is 0 Å². The highest BCUT2D eigenvalue weighted by Gasteiger charge is 2.49. The molecule has 0 bridgehead atoms. The van der Waals surface area contributed by atoms with Crippen molar-refractivity contribution in [3.05, 3.63) is 0 Å². The second kappa shape index (κ2) is 3.29. The normalized spacial score (nSPS) is 35.4. The lowest BCUT2D eigenvalue weighted by molar-refractivity contribution is -0.167. The Balaban J connectivity index is 2.12. The van der Waals surface area contributed by atoms with Gasteiger partial charge in [0.25, 0.3) is 0 Å². The molecule has 1 atom stereocenters. The molecule has 0 aromatic carbocycles. The van der Waals surface area contributed by atoms with Crippen molar-refractivity contribution in [1.29, 1.82) is 0 Å².